The molecule has 0 aliphatic heterocycles. The van der Waals surface area contributed by atoms with Gasteiger partial charge in [-0.2, -0.15) is 0 Å². The van der Waals surface area contributed by atoms with Crippen molar-refractivity contribution in [3.05, 3.63) is 106 Å². The highest BCUT2D eigenvalue weighted by Crippen LogP contribution is 2.36. The number of carbonyl (C=O) groups excluding carboxylic acids is 1. The molecule has 0 N–H and O–H groups in total. The molecule has 2 aromatic carbocycles. The highest BCUT2D eigenvalue weighted by Gasteiger charge is 2.18. The number of rotatable bonds is 11. The Morgan fingerprint density at radius 1 is 0.930 bits per heavy atom. The van der Waals surface area contributed by atoms with Gasteiger partial charge in [0.2, 0.25) is 0 Å². The van der Waals surface area contributed by atoms with Crippen LogP contribution in [0.4, 0.5) is 0 Å². The van der Waals surface area contributed by atoms with Gasteiger partial charge < -0.3 is 23.7 Å². The molecule has 0 bridgehead atoms. The van der Waals surface area contributed by atoms with Crippen LogP contribution in [0.1, 0.15) is 16.1 Å². The van der Waals surface area contributed by atoms with E-state index in [1.807, 2.05) is 23.6 Å². The predicted octanol–water partition coefficient (Wildman–Crippen LogP) is 5.91. The SMILES string of the molecule is COc1cc2nccc(Oc3ccc(CC(=O)c4cn(CCN(C)C)cc(-c5ccc(Cl)cc5)c4=O)nc3)c2cc1OC. The zero-order chi connectivity index (χ0) is 30.5. The molecule has 0 spiro atoms. The summed E-state index contributed by atoms with van der Waals surface area (Å²) in [4.78, 5) is 37.8. The zero-order valence-electron chi connectivity index (χ0n) is 24.3. The molecule has 0 saturated carbocycles. The Hall–Kier alpha value is -4.73. The lowest BCUT2D eigenvalue weighted by Gasteiger charge is -2.15. The topological polar surface area (TPSA) is 95.8 Å². The van der Waals surface area contributed by atoms with Crippen LogP contribution in [0, 0.1) is 0 Å². The standard InChI is InChI=1S/C33H31ClN4O5/c1-37(2)13-14-38-19-26(21-5-7-22(34)8-6-21)33(40)27(20-38)29(39)15-23-9-10-24(18-36-23)43-30-11-12-35-28-17-32(42-4)31(41-3)16-25(28)30/h5-12,16-20H,13-15H2,1-4H3. The molecule has 0 unspecified atom stereocenters. The molecule has 43 heavy (non-hydrogen) atoms. The van der Waals surface area contributed by atoms with Gasteiger partial charge in [0.05, 0.1) is 37.9 Å². The van der Waals surface area contributed by atoms with Crippen LogP contribution in [-0.4, -0.2) is 60.1 Å². The summed E-state index contributed by atoms with van der Waals surface area (Å²) in [5.41, 5.74) is 2.12. The second-order valence-electron chi connectivity index (χ2n) is 10.2. The Morgan fingerprint density at radius 2 is 1.67 bits per heavy atom. The number of ether oxygens (including phenoxy) is 3. The molecule has 0 atom stereocenters. The first kappa shape index (κ1) is 29.8. The molecule has 0 radical (unpaired) electrons. The number of hydrogen-bond acceptors (Lipinski definition) is 8. The summed E-state index contributed by atoms with van der Waals surface area (Å²) in [5, 5.41) is 1.31. The van der Waals surface area contributed by atoms with E-state index in [9.17, 15) is 9.59 Å². The number of Topliss-reactive ketones (excluding diaryl/α,β-unsaturated/α-hetero) is 1. The molecule has 0 fully saturated rings. The molecule has 0 aliphatic carbocycles. The Morgan fingerprint density at radius 3 is 2.35 bits per heavy atom. The number of halogens is 1. The summed E-state index contributed by atoms with van der Waals surface area (Å²) in [7, 11) is 7.08. The summed E-state index contributed by atoms with van der Waals surface area (Å²) >= 11 is 6.06. The number of aromatic nitrogens is 3. The van der Waals surface area contributed by atoms with Gasteiger partial charge in [-0.25, -0.2) is 0 Å². The van der Waals surface area contributed by atoms with E-state index in [0.717, 1.165) is 11.9 Å². The third kappa shape index (κ3) is 6.85. The molecule has 3 aromatic heterocycles. The molecule has 9 nitrogen and oxygen atoms in total. The first-order valence-corrected chi connectivity index (χ1v) is 13.9. The van der Waals surface area contributed by atoms with E-state index in [-0.39, 0.29) is 23.2 Å². The van der Waals surface area contributed by atoms with E-state index in [2.05, 4.69) is 9.97 Å². The Labute approximate surface area is 254 Å². The van der Waals surface area contributed by atoms with Crippen molar-refractivity contribution in [3.8, 4) is 34.1 Å². The van der Waals surface area contributed by atoms with Crippen molar-refractivity contribution in [2.75, 3.05) is 34.9 Å². The van der Waals surface area contributed by atoms with Crippen molar-refractivity contribution in [2.45, 2.75) is 13.0 Å². The zero-order valence-corrected chi connectivity index (χ0v) is 25.1. The lowest BCUT2D eigenvalue weighted by atomic mass is 10.0. The van der Waals surface area contributed by atoms with Gasteiger partial charge in [0.1, 0.15) is 11.5 Å². The van der Waals surface area contributed by atoms with Crippen LogP contribution < -0.4 is 19.6 Å². The number of fused-ring (bicyclic) bond motifs is 1. The lowest BCUT2D eigenvalue weighted by Crippen LogP contribution is -2.24. The molecular weight excluding hydrogens is 568 g/mol. The number of nitrogens with zero attached hydrogens (tertiary/aromatic N) is 4. The van der Waals surface area contributed by atoms with Gasteiger partial charge in [0.15, 0.2) is 22.7 Å². The van der Waals surface area contributed by atoms with Gasteiger partial charge in [-0.1, -0.05) is 23.7 Å². The minimum Gasteiger partial charge on any atom is -0.493 e. The van der Waals surface area contributed by atoms with E-state index in [0.29, 0.717) is 56.9 Å². The number of benzene rings is 2. The summed E-state index contributed by atoms with van der Waals surface area (Å²) in [5.74, 6) is 1.85. The third-order valence-electron chi connectivity index (χ3n) is 6.91. The number of pyridine rings is 3. The smallest absolute Gasteiger partial charge is 0.200 e. The van der Waals surface area contributed by atoms with Crippen LogP contribution in [0.2, 0.25) is 5.02 Å². The van der Waals surface area contributed by atoms with Crippen molar-refractivity contribution in [3.63, 3.8) is 0 Å². The molecule has 3 heterocycles. The fraction of sp³-hybridized carbons (Fsp3) is 0.212. The highest BCUT2D eigenvalue weighted by atomic mass is 35.5. The average Bonchev–Trinajstić information content (AvgIpc) is 3.01. The van der Waals surface area contributed by atoms with Gasteiger partial charge in [-0.05, 0) is 56.1 Å². The van der Waals surface area contributed by atoms with E-state index in [4.69, 9.17) is 25.8 Å². The first-order valence-electron chi connectivity index (χ1n) is 13.6. The van der Waals surface area contributed by atoms with Crippen LogP contribution in [0.5, 0.6) is 23.0 Å². The molecule has 0 saturated heterocycles. The van der Waals surface area contributed by atoms with Crippen molar-refractivity contribution >= 4 is 28.3 Å². The molecule has 220 valence electrons. The summed E-state index contributed by atoms with van der Waals surface area (Å²) in [6, 6.07) is 15.8. The molecule has 5 rings (SSSR count). The van der Waals surface area contributed by atoms with Gasteiger partial charge in [-0.15, -0.1) is 0 Å². The maximum Gasteiger partial charge on any atom is 0.200 e. The second-order valence-corrected chi connectivity index (χ2v) is 10.6. The van der Waals surface area contributed by atoms with Crippen molar-refractivity contribution in [2.24, 2.45) is 0 Å². The maximum absolute atomic E-state index is 13.5. The predicted molar refractivity (Wildman–Crippen MR) is 167 cm³/mol. The number of likely N-dealkylation sites (N-methyl/N-ethyl adjacent to an activating group) is 1. The Bertz CT molecular complexity index is 1820. The molecule has 0 amide bonds. The summed E-state index contributed by atoms with van der Waals surface area (Å²) < 4.78 is 18.8. The number of carbonyl (C=O) groups is 1. The highest BCUT2D eigenvalue weighted by molar-refractivity contribution is 6.30. The van der Waals surface area contributed by atoms with Gasteiger partial charge >= 0.3 is 0 Å². The number of hydrogen-bond donors (Lipinski definition) is 0. The van der Waals surface area contributed by atoms with E-state index in [1.165, 1.54) is 0 Å². The van der Waals surface area contributed by atoms with Gasteiger partial charge in [-0.3, -0.25) is 19.6 Å². The molecular formula is C33H31ClN4O5. The monoisotopic (exact) mass is 598 g/mol. The maximum atomic E-state index is 13.5. The fourth-order valence-electron chi connectivity index (χ4n) is 4.61. The lowest BCUT2D eigenvalue weighted by molar-refractivity contribution is 0.0990. The fourth-order valence-corrected chi connectivity index (χ4v) is 4.73. The van der Waals surface area contributed by atoms with Crippen LogP contribution in [0.15, 0.2) is 84.2 Å². The van der Waals surface area contributed by atoms with Gasteiger partial charge in [0, 0.05) is 59.4 Å². The quantitative estimate of drug-likeness (QED) is 0.173. The van der Waals surface area contributed by atoms with Gasteiger partial charge in [0.25, 0.3) is 0 Å². The van der Waals surface area contributed by atoms with Crippen LogP contribution in [-0.2, 0) is 13.0 Å². The molecule has 5 aromatic rings. The third-order valence-corrected chi connectivity index (χ3v) is 7.17. The Kier molecular flexibility index (Phi) is 9.04. The Balaban J connectivity index is 1.38. The minimum atomic E-state index is -0.329. The molecule has 10 heteroatoms. The van der Waals surface area contributed by atoms with Crippen LogP contribution in [0.25, 0.3) is 22.0 Å². The minimum absolute atomic E-state index is 0.0392. The largest absolute Gasteiger partial charge is 0.493 e. The molecule has 0 aliphatic rings. The second kappa shape index (κ2) is 13.1. The first-order chi connectivity index (χ1) is 20.7. The van der Waals surface area contributed by atoms with Crippen LogP contribution in [0.3, 0.4) is 0 Å². The average molecular weight is 599 g/mol. The van der Waals surface area contributed by atoms with E-state index in [1.54, 1.807) is 93.6 Å². The summed E-state index contributed by atoms with van der Waals surface area (Å²) in [6.07, 6.45) is 6.57. The summed E-state index contributed by atoms with van der Waals surface area (Å²) in [6.45, 7) is 1.35. The number of methoxy groups -OCH3 is 2. The van der Waals surface area contributed by atoms with Crippen LogP contribution >= 0.6 is 11.6 Å². The van der Waals surface area contributed by atoms with E-state index < -0.39 is 0 Å². The number of ketones is 1. The van der Waals surface area contributed by atoms with Crippen molar-refractivity contribution in [1.82, 2.24) is 19.4 Å². The van der Waals surface area contributed by atoms with Crippen molar-refractivity contribution < 1.29 is 19.0 Å². The van der Waals surface area contributed by atoms with Crippen molar-refractivity contribution in [1.29, 1.82) is 0 Å². The van der Waals surface area contributed by atoms with E-state index >= 15 is 0 Å². The normalized spacial score (nSPS) is 11.1.